The summed E-state index contributed by atoms with van der Waals surface area (Å²) in [5.74, 6) is 7.51. The normalized spacial score (nSPS) is 11.8. The molecular formula is C121H150F2N2Ni3O6S12-12. The van der Waals surface area contributed by atoms with Crippen LogP contribution in [0.3, 0.4) is 0 Å². The van der Waals surface area contributed by atoms with Gasteiger partial charge >= 0.3 is 0 Å². The molecule has 0 aliphatic rings. The molecule has 0 atom stereocenters. The standard InChI is InChI=1S/C24H33NS2.C21H27NS2.2C20H23FOS2.2C18H28O2S2.3Ni/c1-6-14-25(15-7-2)22-13-12-20(17(3)4)16-21(22)24(27)23(26)19-10-8-18(5)9-11-19;1-5-12-22-19-11-10-17(14(2)3)13-18(19)21(24)20(23)16-8-6-15(4)7-9-16;2*1-3-5-12-22-18-11-6-14(4-2)13-17(18)20(24)19(23)15-7-9-16(21)10-8-15;2*1-13(2)7-9-19-15-5-6-17(20-10-8-14(3)4)16(11-15)18(22)12-21;;;/h8-13,16-17,26-27H,6-7,14-15H2,1-5H3;6-11,13-14,22-24H,5,12H2,1-4H3;2*6-11,13,23-24H,3-5,12H2,1-2H3;2*5-6,11-14,21-22H,7-10H2,1-4H3;;;/p-12. The van der Waals surface area contributed by atoms with E-state index >= 15 is 0 Å². The second-order valence-electron chi connectivity index (χ2n) is 37.4. The molecule has 0 saturated heterocycles. The van der Waals surface area contributed by atoms with Crippen molar-refractivity contribution in [2.75, 3.05) is 69.5 Å². The minimum Gasteiger partial charge on any atom is -0.789 e. The summed E-state index contributed by atoms with van der Waals surface area (Å²) in [5, 5.41) is 6.50. The van der Waals surface area contributed by atoms with Gasteiger partial charge in [0.25, 0.3) is 0 Å². The molecule has 10 aromatic rings. The van der Waals surface area contributed by atoms with Gasteiger partial charge in [0.1, 0.15) is 46.1 Å². The van der Waals surface area contributed by atoms with Crippen molar-refractivity contribution < 1.29 is 86.7 Å². The van der Waals surface area contributed by atoms with Crippen LogP contribution in [0.15, 0.2) is 217 Å². The quantitative estimate of drug-likeness (QED) is 0.0170. The third-order valence-corrected chi connectivity index (χ3v) is 28.2. The van der Waals surface area contributed by atoms with E-state index in [0.717, 1.165) is 219 Å². The molecule has 10 aromatic carbocycles. The fraction of sp³-hybridized carbons (Fsp3) is 0.405. The van der Waals surface area contributed by atoms with E-state index in [1.54, 1.807) is 24.3 Å². The van der Waals surface area contributed by atoms with E-state index in [4.69, 9.17) is 180 Å². The molecule has 0 saturated carbocycles. The van der Waals surface area contributed by atoms with Crippen molar-refractivity contribution in [3.8, 4) is 34.5 Å². The zero-order chi connectivity index (χ0) is 106. The number of rotatable bonds is 46. The van der Waals surface area contributed by atoms with Crippen LogP contribution in [0.1, 0.15) is 303 Å². The number of ether oxygens (including phenoxy) is 6. The molecule has 0 unspecified atom stereocenters. The molecule has 0 spiro atoms. The molecule has 0 radical (unpaired) electrons. The number of aryl methyl sites for hydroxylation is 4. The van der Waals surface area contributed by atoms with E-state index in [1.807, 2.05) is 72.8 Å². The zero-order valence-corrected chi connectivity index (χ0v) is 102. The monoisotopic (exact) mass is 2320 g/mol. The Labute approximate surface area is 974 Å². The molecule has 1 N–H and O–H groups in total. The first-order valence-corrected chi connectivity index (χ1v) is 55.4. The smallest absolute Gasteiger partial charge is 0.125 e. The molecule has 0 amide bonds. The zero-order valence-electron chi connectivity index (χ0n) is 88.8. The number of nitrogens with zero attached hydrogens (tertiary/aromatic N) is 1. The topological polar surface area (TPSA) is 70.7 Å². The summed E-state index contributed by atoms with van der Waals surface area (Å²) in [5.41, 5.74) is 18.7. The van der Waals surface area contributed by atoms with E-state index < -0.39 is 0 Å². The van der Waals surface area contributed by atoms with Crippen molar-refractivity contribution in [3.05, 3.63) is 318 Å². The molecule has 0 heterocycles. The molecule has 0 aliphatic heterocycles. The van der Waals surface area contributed by atoms with Gasteiger partial charge in [-0.1, -0.05) is 265 Å². The number of benzene rings is 10. The molecule has 0 fully saturated rings. The average molecular weight is 2330 g/mol. The van der Waals surface area contributed by atoms with Crippen LogP contribution in [0.25, 0.3) is 49.1 Å². The summed E-state index contributed by atoms with van der Waals surface area (Å²) < 4.78 is 61.3. The minimum absolute atomic E-state index is 0. The number of hydrogen-bond acceptors (Lipinski definition) is 20. The van der Waals surface area contributed by atoms with E-state index in [2.05, 4.69) is 241 Å². The van der Waals surface area contributed by atoms with Crippen molar-refractivity contribution in [1.29, 1.82) is 0 Å². The molecule has 0 aliphatic carbocycles. The van der Waals surface area contributed by atoms with Gasteiger partial charge in [0, 0.05) is 80.5 Å². The summed E-state index contributed by atoms with van der Waals surface area (Å²) in [6, 6.07) is 65.7. The summed E-state index contributed by atoms with van der Waals surface area (Å²) in [7, 11) is 0. The maximum absolute atomic E-state index is 13.1. The average Bonchev–Trinajstić information content (AvgIpc) is 0.800. The Kier molecular flexibility index (Phi) is 68.5. The predicted molar refractivity (Wildman–Crippen MR) is 645 cm³/mol. The Hall–Kier alpha value is -6.98. The minimum atomic E-state index is -0.288. The first-order chi connectivity index (χ1) is 68.3. The van der Waals surface area contributed by atoms with Crippen LogP contribution in [0.2, 0.25) is 0 Å². The van der Waals surface area contributed by atoms with Gasteiger partial charge in [-0.05, 0) is 295 Å². The van der Waals surface area contributed by atoms with Crippen LogP contribution in [0.5, 0.6) is 34.5 Å². The van der Waals surface area contributed by atoms with Gasteiger partial charge in [-0.3, -0.25) is 0 Å². The predicted octanol–water partition coefficient (Wildman–Crippen LogP) is 33.3. The number of unbranched alkanes of at least 4 members (excludes halogenated alkanes) is 2. The van der Waals surface area contributed by atoms with Gasteiger partial charge in [0.2, 0.25) is 0 Å². The molecular weight excluding hydrogens is 2180 g/mol. The van der Waals surface area contributed by atoms with Crippen LogP contribution in [-0.4, -0.2) is 59.3 Å². The fourth-order valence-electron chi connectivity index (χ4n) is 13.9. The number of anilines is 2. The Morgan fingerprint density at radius 2 is 0.623 bits per heavy atom. The maximum Gasteiger partial charge on any atom is 0.125 e. The van der Waals surface area contributed by atoms with Gasteiger partial charge in [-0.15, -0.1) is 0 Å². The van der Waals surface area contributed by atoms with Crippen LogP contribution in [0, 0.1) is 49.2 Å². The van der Waals surface area contributed by atoms with Crippen molar-refractivity contribution >= 4 is 212 Å². The van der Waals surface area contributed by atoms with Gasteiger partial charge in [-0.2, -0.15) is 49.1 Å². The molecule has 8 nitrogen and oxygen atoms in total. The third kappa shape index (κ3) is 47.5. The Morgan fingerprint density at radius 1 is 0.315 bits per heavy atom. The van der Waals surface area contributed by atoms with Gasteiger partial charge in [0.15, 0.2) is 0 Å². The summed E-state index contributed by atoms with van der Waals surface area (Å²) in [6.45, 7) is 52.5. The number of hydrogen-bond donors (Lipinski definition) is 1. The van der Waals surface area contributed by atoms with Crippen LogP contribution < -0.4 is 38.6 Å². The first kappa shape index (κ1) is 135. The molecule has 146 heavy (non-hydrogen) atoms. The maximum atomic E-state index is 13.1. The first-order valence-electron chi connectivity index (χ1n) is 50.4. The van der Waals surface area contributed by atoms with Crippen molar-refractivity contribution in [3.63, 3.8) is 0 Å². The number of halogens is 2. The molecule has 0 bridgehead atoms. The largest absolute Gasteiger partial charge is 0.789 e. The van der Waals surface area contributed by atoms with E-state index in [9.17, 15) is 8.78 Å². The van der Waals surface area contributed by atoms with Gasteiger partial charge in [-0.25, -0.2) is 19.6 Å². The van der Waals surface area contributed by atoms with Crippen molar-refractivity contribution in [2.24, 2.45) is 23.7 Å². The molecule has 10 rings (SSSR count). The second kappa shape index (κ2) is 74.1. The summed E-state index contributed by atoms with van der Waals surface area (Å²) in [6.07, 6.45) is 13.3. The van der Waals surface area contributed by atoms with Crippen LogP contribution in [-0.2, 0) is 214 Å². The van der Waals surface area contributed by atoms with Gasteiger partial charge < -0.3 is 190 Å². The second-order valence-corrected chi connectivity index (χ2v) is 42.0. The van der Waals surface area contributed by atoms with Crippen LogP contribution >= 0.6 is 0 Å². The van der Waals surface area contributed by atoms with Crippen LogP contribution in [0.4, 0.5) is 20.2 Å². The third-order valence-electron chi connectivity index (χ3n) is 22.8. The van der Waals surface area contributed by atoms with E-state index in [-0.39, 0.29) is 61.1 Å². The molecule has 808 valence electrons. The SMILES string of the molecule is CC(C)CCOc1ccc(OCCC(C)C)c(C([S-])=C[S-])c1.CC(C)CCOc1ccc(OCCC(C)C)c(C([S-])=C[S-])c1.CCCCOc1ccc(CC)cc1C([S-])=C([S-])c1ccc(F)cc1.CCCCOc1ccc(CC)cc1C([S-])=C([S-])c1ccc(F)cc1.CCCN(CCC)c1ccc(C(C)C)cc1C([S-])=C([S-])c1ccc(C)cc1.CCCNc1ccc(C(C)C)cc1C([S-])=C([S-])c1ccc(C)cc1.[Ni].[Ni].[Ni]. The Balaban J connectivity index is 0.000000590. The molecule has 0 aromatic heterocycles. The Morgan fingerprint density at radius 3 is 0.945 bits per heavy atom. The number of nitrogens with one attached hydrogen (secondary N) is 1. The Bertz CT molecular complexity index is 5450. The van der Waals surface area contributed by atoms with Crippen molar-refractivity contribution in [1.82, 2.24) is 0 Å². The fourth-order valence-corrected chi connectivity index (χ4v) is 16.5. The summed E-state index contributed by atoms with van der Waals surface area (Å²) in [4.78, 5) is 8.93. The van der Waals surface area contributed by atoms with Gasteiger partial charge in [0.05, 0.1) is 39.6 Å². The van der Waals surface area contributed by atoms with E-state index in [0.29, 0.717) is 105 Å². The van der Waals surface area contributed by atoms with Crippen molar-refractivity contribution in [2.45, 2.75) is 241 Å². The summed E-state index contributed by atoms with van der Waals surface area (Å²) >= 11 is 66.0. The molecule has 25 heteroatoms. The van der Waals surface area contributed by atoms with E-state index in [1.165, 1.54) is 74.1 Å².